The molecule has 0 amide bonds. The number of ether oxygens (including phenoxy) is 2. The SMILES string of the molecule is CCOc1cc(CO)cc(Cl)c1OCC(=O)[O-]. The van der Waals surface area contributed by atoms with E-state index in [4.69, 9.17) is 26.2 Å². The summed E-state index contributed by atoms with van der Waals surface area (Å²) in [7, 11) is 0. The van der Waals surface area contributed by atoms with Crippen molar-refractivity contribution in [2.24, 2.45) is 0 Å². The third-order valence-corrected chi connectivity index (χ3v) is 2.17. The lowest BCUT2D eigenvalue weighted by Gasteiger charge is -2.14. The number of benzene rings is 1. The Bertz CT molecular complexity index is 405. The normalized spacial score (nSPS) is 10.1. The Morgan fingerprint density at radius 1 is 1.47 bits per heavy atom. The van der Waals surface area contributed by atoms with Gasteiger partial charge in [-0.1, -0.05) is 11.6 Å². The number of aliphatic hydroxyl groups excluding tert-OH is 1. The van der Waals surface area contributed by atoms with Crippen molar-refractivity contribution in [3.05, 3.63) is 22.7 Å². The minimum Gasteiger partial charge on any atom is -0.546 e. The minimum absolute atomic E-state index is 0.134. The molecule has 1 N–H and O–H groups in total. The van der Waals surface area contributed by atoms with Gasteiger partial charge >= 0.3 is 0 Å². The van der Waals surface area contributed by atoms with Crippen LogP contribution in [0.25, 0.3) is 0 Å². The number of aliphatic carboxylic acids is 1. The highest BCUT2D eigenvalue weighted by atomic mass is 35.5. The summed E-state index contributed by atoms with van der Waals surface area (Å²) in [5.41, 5.74) is 0.555. The summed E-state index contributed by atoms with van der Waals surface area (Å²) in [6.45, 7) is 1.33. The zero-order valence-corrected chi connectivity index (χ0v) is 9.99. The molecule has 0 atom stereocenters. The van der Waals surface area contributed by atoms with E-state index in [2.05, 4.69) is 0 Å². The number of halogens is 1. The molecule has 0 fully saturated rings. The fourth-order valence-electron chi connectivity index (χ4n) is 1.25. The molecule has 0 aliphatic heterocycles. The number of rotatable bonds is 6. The van der Waals surface area contributed by atoms with Gasteiger partial charge in [-0.2, -0.15) is 0 Å². The Morgan fingerprint density at radius 3 is 2.71 bits per heavy atom. The average molecular weight is 260 g/mol. The van der Waals surface area contributed by atoms with E-state index in [1.807, 2.05) is 0 Å². The van der Waals surface area contributed by atoms with Gasteiger partial charge in [-0.3, -0.25) is 0 Å². The zero-order chi connectivity index (χ0) is 12.8. The monoisotopic (exact) mass is 259 g/mol. The highest BCUT2D eigenvalue weighted by Gasteiger charge is 2.12. The zero-order valence-electron chi connectivity index (χ0n) is 9.23. The second kappa shape index (κ2) is 6.32. The molecule has 1 rings (SSSR count). The van der Waals surface area contributed by atoms with Gasteiger partial charge in [-0.25, -0.2) is 0 Å². The van der Waals surface area contributed by atoms with Crippen LogP contribution in [0.3, 0.4) is 0 Å². The number of hydrogen-bond acceptors (Lipinski definition) is 5. The Morgan fingerprint density at radius 2 is 2.18 bits per heavy atom. The van der Waals surface area contributed by atoms with E-state index in [0.29, 0.717) is 17.9 Å². The maximum atomic E-state index is 10.3. The predicted octanol–water partition coefficient (Wildman–Crippen LogP) is 0.360. The van der Waals surface area contributed by atoms with E-state index < -0.39 is 12.6 Å². The van der Waals surface area contributed by atoms with Crippen LogP contribution in [0.15, 0.2) is 12.1 Å². The van der Waals surface area contributed by atoms with Crippen LogP contribution in [-0.2, 0) is 11.4 Å². The molecule has 5 nitrogen and oxygen atoms in total. The van der Waals surface area contributed by atoms with Crippen LogP contribution in [0.4, 0.5) is 0 Å². The summed E-state index contributed by atoms with van der Waals surface area (Å²) < 4.78 is 10.2. The van der Waals surface area contributed by atoms with Crippen molar-refractivity contribution in [3.63, 3.8) is 0 Å². The molecular weight excluding hydrogens is 248 g/mol. The van der Waals surface area contributed by atoms with Gasteiger partial charge in [-0.05, 0) is 24.6 Å². The molecule has 6 heteroatoms. The van der Waals surface area contributed by atoms with Crippen LogP contribution >= 0.6 is 11.6 Å². The van der Waals surface area contributed by atoms with Crippen molar-refractivity contribution in [1.82, 2.24) is 0 Å². The van der Waals surface area contributed by atoms with Gasteiger partial charge in [-0.15, -0.1) is 0 Å². The van der Waals surface area contributed by atoms with Crippen molar-refractivity contribution in [2.75, 3.05) is 13.2 Å². The summed E-state index contributed by atoms with van der Waals surface area (Å²) in [6, 6.07) is 3.02. The smallest absolute Gasteiger partial charge is 0.180 e. The third-order valence-electron chi connectivity index (χ3n) is 1.89. The van der Waals surface area contributed by atoms with Crippen molar-refractivity contribution < 1.29 is 24.5 Å². The van der Waals surface area contributed by atoms with Gasteiger partial charge in [0.05, 0.1) is 24.2 Å². The van der Waals surface area contributed by atoms with E-state index in [1.165, 1.54) is 6.07 Å². The first-order valence-corrected chi connectivity index (χ1v) is 5.35. The topological polar surface area (TPSA) is 78.8 Å². The van der Waals surface area contributed by atoms with Crippen molar-refractivity contribution in [3.8, 4) is 11.5 Å². The number of carboxylic acid groups (broad SMARTS) is 1. The number of hydrogen-bond donors (Lipinski definition) is 1. The molecule has 0 saturated carbocycles. The van der Waals surface area contributed by atoms with Gasteiger partial charge in [0, 0.05) is 0 Å². The standard InChI is InChI=1S/C11H13ClO5/c1-2-16-9-4-7(5-13)3-8(12)11(9)17-6-10(14)15/h3-4,13H,2,5-6H2,1H3,(H,14,15)/p-1. The minimum atomic E-state index is -1.35. The summed E-state index contributed by atoms with van der Waals surface area (Å²) in [5.74, 6) is -0.921. The van der Waals surface area contributed by atoms with E-state index in [9.17, 15) is 9.90 Å². The lowest BCUT2D eigenvalue weighted by molar-refractivity contribution is -0.307. The molecule has 1 aromatic rings. The summed E-state index contributed by atoms with van der Waals surface area (Å²) >= 11 is 5.90. The second-order valence-corrected chi connectivity index (χ2v) is 3.56. The van der Waals surface area contributed by atoms with Crippen LogP contribution in [0, 0.1) is 0 Å². The first-order valence-electron chi connectivity index (χ1n) is 4.97. The highest BCUT2D eigenvalue weighted by Crippen LogP contribution is 2.36. The highest BCUT2D eigenvalue weighted by molar-refractivity contribution is 6.32. The molecular formula is C11H12ClO5-. The molecule has 1 aromatic carbocycles. The van der Waals surface area contributed by atoms with Crippen LogP contribution < -0.4 is 14.6 Å². The molecule has 0 aliphatic rings. The van der Waals surface area contributed by atoms with E-state index in [-0.39, 0.29) is 17.4 Å². The van der Waals surface area contributed by atoms with Crippen molar-refractivity contribution in [2.45, 2.75) is 13.5 Å². The second-order valence-electron chi connectivity index (χ2n) is 3.16. The molecule has 17 heavy (non-hydrogen) atoms. The first kappa shape index (κ1) is 13.6. The predicted molar refractivity (Wildman–Crippen MR) is 59.0 cm³/mol. The Kier molecular flexibility index (Phi) is 5.06. The van der Waals surface area contributed by atoms with Crippen molar-refractivity contribution >= 4 is 17.6 Å². The summed E-state index contributed by atoms with van der Waals surface area (Å²) in [5, 5.41) is 19.5. The summed E-state index contributed by atoms with van der Waals surface area (Å²) in [6.07, 6.45) is 0. The van der Waals surface area contributed by atoms with Gasteiger partial charge in [0.15, 0.2) is 11.5 Å². The quantitative estimate of drug-likeness (QED) is 0.798. The maximum absolute atomic E-state index is 10.3. The number of carbonyl (C=O) groups is 1. The van der Waals surface area contributed by atoms with Crippen LogP contribution in [-0.4, -0.2) is 24.3 Å². The molecule has 0 aromatic heterocycles. The van der Waals surface area contributed by atoms with Crippen LogP contribution in [0.2, 0.25) is 5.02 Å². The van der Waals surface area contributed by atoms with E-state index >= 15 is 0 Å². The van der Waals surface area contributed by atoms with E-state index in [0.717, 1.165) is 0 Å². The largest absolute Gasteiger partial charge is 0.546 e. The fraction of sp³-hybridized carbons (Fsp3) is 0.364. The van der Waals surface area contributed by atoms with Gasteiger partial charge in [0.1, 0.15) is 6.61 Å². The van der Waals surface area contributed by atoms with E-state index in [1.54, 1.807) is 13.0 Å². The van der Waals surface area contributed by atoms with Gasteiger partial charge in [0.25, 0.3) is 0 Å². The van der Waals surface area contributed by atoms with Crippen LogP contribution in [0.1, 0.15) is 12.5 Å². The molecule has 0 saturated heterocycles. The maximum Gasteiger partial charge on any atom is 0.180 e. The number of aliphatic hydroxyl groups is 1. The number of carboxylic acids is 1. The van der Waals surface area contributed by atoms with Crippen molar-refractivity contribution in [1.29, 1.82) is 0 Å². The van der Waals surface area contributed by atoms with Gasteiger partial charge in [0.2, 0.25) is 0 Å². The molecule has 0 spiro atoms. The molecule has 0 aliphatic carbocycles. The third kappa shape index (κ3) is 3.80. The van der Waals surface area contributed by atoms with Gasteiger partial charge < -0.3 is 24.5 Å². The lowest BCUT2D eigenvalue weighted by atomic mass is 10.2. The number of carbonyl (C=O) groups excluding carboxylic acids is 1. The molecule has 94 valence electrons. The van der Waals surface area contributed by atoms with Crippen LogP contribution in [0.5, 0.6) is 11.5 Å². The first-order chi connectivity index (χ1) is 8.08. The molecule has 0 heterocycles. The molecule has 0 unspecified atom stereocenters. The summed E-state index contributed by atoms with van der Waals surface area (Å²) in [4.78, 5) is 10.3. The molecule has 0 bridgehead atoms. The average Bonchev–Trinajstić information content (AvgIpc) is 2.27. The Hall–Kier alpha value is -1.46. The Labute approximate surface area is 104 Å². The fourth-order valence-corrected chi connectivity index (χ4v) is 1.53. The Balaban J connectivity index is 3.02. The molecule has 0 radical (unpaired) electrons. The lowest BCUT2D eigenvalue weighted by Crippen LogP contribution is -2.29.